The molecule has 0 amide bonds. The van der Waals surface area contributed by atoms with Crippen LogP contribution in [0, 0.1) is 5.92 Å². The summed E-state index contributed by atoms with van der Waals surface area (Å²) in [6.07, 6.45) is 9.88. The number of nitrogens with zero attached hydrogens (tertiary/aromatic N) is 1. The normalized spacial score (nSPS) is 19.2. The standard InChI is InChI=1S/C29H25NO2S/c31-29-22(19-26(32-29)21-8-2-1-3-9-21)18-20-14-16-23(17-15-20)30-24-10-4-6-12-27(24)33-28-13-7-5-11-25(28)30/h4-7,10-19,21H,1-3,8-9H2/b22-18+. The van der Waals surface area contributed by atoms with Gasteiger partial charge in [-0.05, 0) is 67.0 Å². The number of hydrogen-bond donors (Lipinski definition) is 0. The summed E-state index contributed by atoms with van der Waals surface area (Å²) in [5.41, 5.74) is 5.12. The molecule has 164 valence electrons. The maximum atomic E-state index is 12.5. The number of anilines is 3. The Morgan fingerprint density at radius 3 is 2.12 bits per heavy atom. The van der Waals surface area contributed by atoms with Gasteiger partial charge in [-0.2, -0.15) is 0 Å². The number of cyclic esters (lactones) is 1. The van der Waals surface area contributed by atoms with Crippen molar-refractivity contribution in [1.82, 2.24) is 0 Å². The molecule has 0 saturated heterocycles. The molecule has 2 aliphatic heterocycles. The van der Waals surface area contributed by atoms with Crippen molar-refractivity contribution < 1.29 is 9.53 Å². The van der Waals surface area contributed by atoms with Crippen LogP contribution in [0.2, 0.25) is 0 Å². The van der Waals surface area contributed by atoms with E-state index in [1.165, 1.54) is 40.4 Å². The van der Waals surface area contributed by atoms with Crippen LogP contribution < -0.4 is 4.90 Å². The molecule has 0 aromatic heterocycles. The first-order valence-corrected chi connectivity index (χ1v) is 12.5. The van der Waals surface area contributed by atoms with Crippen LogP contribution >= 0.6 is 11.8 Å². The molecule has 1 fully saturated rings. The Balaban J connectivity index is 1.31. The smallest absolute Gasteiger partial charge is 0.343 e. The predicted octanol–water partition coefficient (Wildman–Crippen LogP) is 8.03. The highest BCUT2D eigenvalue weighted by Crippen LogP contribution is 2.51. The minimum absolute atomic E-state index is 0.226. The largest absolute Gasteiger partial charge is 0.427 e. The van der Waals surface area contributed by atoms with Crippen LogP contribution in [-0.2, 0) is 9.53 Å². The number of carbonyl (C=O) groups is 1. The fourth-order valence-corrected chi connectivity index (χ4v) is 6.04. The minimum atomic E-state index is -0.226. The molecule has 3 nitrogen and oxygen atoms in total. The molecule has 0 bridgehead atoms. The predicted molar refractivity (Wildman–Crippen MR) is 134 cm³/mol. The average molecular weight is 452 g/mol. The first-order chi connectivity index (χ1) is 16.3. The van der Waals surface area contributed by atoms with Crippen LogP contribution in [0.3, 0.4) is 0 Å². The molecule has 4 heteroatoms. The molecule has 0 atom stereocenters. The number of allylic oxidation sites excluding steroid dienone is 1. The second-order valence-corrected chi connectivity index (χ2v) is 9.92. The zero-order chi connectivity index (χ0) is 22.2. The van der Waals surface area contributed by atoms with Crippen molar-refractivity contribution >= 4 is 40.9 Å². The zero-order valence-electron chi connectivity index (χ0n) is 18.4. The van der Waals surface area contributed by atoms with E-state index in [9.17, 15) is 4.79 Å². The van der Waals surface area contributed by atoms with Crippen LogP contribution in [0.1, 0.15) is 37.7 Å². The van der Waals surface area contributed by atoms with Gasteiger partial charge in [0, 0.05) is 21.4 Å². The van der Waals surface area contributed by atoms with Crippen molar-refractivity contribution in [1.29, 1.82) is 0 Å². The molecule has 1 aliphatic carbocycles. The van der Waals surface area contributed by atoms with E-state index in [1.54, 1.807) is 0 Å². The second kappa shape index (κ2) is 8.60. The van der Waals surface area contributed by atoms with Crippen LogP contribution in [0.5, 0.6) is 0 Å². The monoisotopic (exact) mass is 451 g/mol. The molecule has 3 aliphatic rings. The van der Waals surface area contributed by atoms with Crippen molar-refractivity contribution in [3.05, 3.63) is 95.8 Å². The third-order valence-electron chi connectivity index (χ3n) is 6.66. The van der Waals surface area contributed by atoms with Gasteiger partial charge in [0.25, 0.3) is 0 Å². The summed E-state index contributed by atoms with van der Waals surface area (Å²) in [6, 6.07) is 25.4. The van der Waals surface area contributed by atoms with Gasteiger partial charge in [-0.1, -0.05) is 67.4 Å². The molecule has 2 heterocycles. The highest BCUT2D eigenvalue weighted by molar-refractivity contribution is 7.99. The molecule has 6 rings (SSSR count). The lowest BCUT2D eigenvalue weighted by molar-refractivity contribution is -0.134. The molecule has 0 spiro atoms. The Kier molecular flexibility index (Phi) is 5.31. The van der Waals surface area contributed by atoms with Crippen molar-refractivity contribution in [3.63, 3.8) is 0 Å². The number of rotatable bonds is 3. The van der Waals surface area contributed by atoms with Gasteiger partial charge in [-0.15, -0.1) is 0 Å². The lowest BCUT2D eigenvalue weighted by Crippen LogP contribution is -2.14. The zero-order valence-corrected chi connectivity index (χ0v) is 19.2. The Morgan fingerprint density at radius 2 is 1.45 bits per heavy atom. The van der Waals surface area contributed by atoms with Crippen molar-refractivity contribution in [3.8, 4) is 0 Å². The molecule has 0 radical (unpaired) electrons. The summed E-state index contributed by atoms with van der Waals surface area (Å²) in [7, 11) is 0. The van der Waals surface area contributed by atoms with Gasteiger partial charge in [0.1, 0.15) is 5.76 Å². The second-order valence-electron chi connectivity index (χ2n) is 8.84. The minimum Gasteiger partial charge on any atom is -0.427 e. The first-order valence-electron chi connectivity index (χ1n) is 11.7. The van der Waals surface area contributed by atoms with E-state index in [4.69, 9.17) is 4.74 Å². The Hall–Kier alpha value is -3.24. The molecule has 33 heavy (non-hydrogen) atoms. The third kappa shape index (κ3) is 3.89. The van der Waals surface area contributed by atoms with E-state index in [0.29, 0.717) is 11.5 Å². The first kappa shape index (κ1) is 20.4. The Bertz CT molecular complexity index is 1220. The third-order valence-corrected chi connectivity index (χ3v) is 7.79. The highest BCUT2D eigenvalue weighted by Gasteiger charge is 2.28. The van der Waals surface area contributed by atoms with Gasteiger partial charge in [-0.25, -0.2) is 4.79 Å². The van der Waals surface area contributed by atoms with E-state index < -0.39 is 0 Å². The summed E-state index contributed by atoms with van der Waals surface area (Å²) in [5, 5.41) is 0. The van der Waals surface area contributed by atoms with Gasteiger partial charge in [0.15, 0.2) is 0 Å². The lowest BCUT2D eigenvalue weighted by Gasteiger charge is -2.32. The van der Waals surface area contributed by atoms with E-state index in [1.807, 2.05) is 23.9 Å². The molecule has 1 saturated carbocycles. The molecule has 3 aromatic carbocycles. The number of hydrogen-bond acceptors (Lipinski definition) is 4. The van der Waals surface area contributed by atoms with Crippen LogP contribution in [0.25, 0.3) is 6.08 Å². The number of esters is 1. The summed E-state index contributed by atoms with van der Waals surface area (Å²) >= 11 is 1.81. The van der Waals surface area contributed by atoms with Crippen LogP contribution in [0.15, 0.2) is 100.0 Å². The van der Waals surface area contributed by atoms with Crippen molar-refractivity contribution in [2.45, 2.75) is 41.9 Å². The highest BCUT2D eigenvalue weighted by atomic mass is 32.2. The number of fused-ring (bicyclic) bond motifs is 2. The van der Waals surface area contributed by atoms with Crippen LogP contribution in [0.4, 0.5) is 17.1 Å². The SMILES string of the molecule is O=C1OC(C2CCCCC2)=C/C1=C\c1ccc(N2c3ccccc3Sc3ccccc32)cc1. The summed E-state index contributed by atoms with van der Waals surface area (Å²) < 4.78 is 5.63. The topological polar surface area (TPSA) is 29.5 Å². The molecule has 0 unspecified atom stereocenters. The summed E-state index contributed by atoms with van der Waals surface area (Å²) in [4.78, 5) is 17.3. The number of benzene rings is 3. The number of ether oxygens (including phenoxy) is 1. The van der Waals surface area contributed by atoms with Gasteiger partial charge in [-0.3, -0.25) is 0 Å². The van der Waals surface area contributed by atoms with Gasteiger partial charge in [0.05, 0.1) is 16.9 Å². The maximum absolute atomic E-state index is 12.5. The average Bonchev–Trinajstić information content (AvgIpc) is 3.23. The lowest BCUT2D eigenvalue weighted by atomic mass is 9.87. The molecular formula is C29H25NO2S. The fraction of sp³-hybridized carbons (Fsp3) is 0.207. The summed E-state index contributed by atoms with van der Waals surface area (Å²) in [5.74, 6) is 1.03. The Labute approximate surface area is 198 Å². The van der Waals surface area contributed by atoms with Gasteiger partial charge >= 0.3 is 5.97 Å². The van der Waals surface area contributed by atoms with Crippen molar-refractivity contribution in [2.24, 2.45) is 5.92 Å². The Morgan fingerprint density at radius 1 is 0.818 bits per heavy atom. The molecular weight excluding hydrogens is 426 g/mol. The van der Waals surface area contributed by atoms with Crippen molar-refractivity contribution in [2.75, 3.05) is 4.90 Å². The molecule has 3 aromatic rings. The fourth-order valence-electron chi connectivity index (χ4n) is 4.98. The van der Waals surface area contributed by atoms with E-state index in [0.717, 1.165) is 29.9 Å². The number of para-hydroxylation sites is 2. The maximum Gasteiger partial charge on any atom is 0.343 e. The molecule has 0 N–H and O–H groups in total. The van der Waals surface area contributed by atoms with Gasteiger partial charge in [0.2, 0.25) is 0 Å². The van der Waals surface area contributed by atoms with E-state index >= 15 is 0 Å². The van der Waals surface area contributed by atoms with E-state index in [2.05, 4.69) is 77.7 Å². The van der Waals surface area contributed by atoms with Crippen LogP contribution in [-0.4, -0.2) is 5.97 Å². The summed E-state index contributed by atoms with van der Waals surface area (Å²) in [6.45, 7) is 0. The van der Waals surface area contributed by atoms with Gasteiger partial charge < -0.3 is 9.64 Å². The number of carbonyl (C=O) groups excluding carboxylic acids is 1. The van der Waals surface area contributed by atoms with E-state index in [-0.39, 0.29) is 5.97 Å². The quantitative estimate of drug-likeness (QED) is 0.233.